The standard InChI is InChI=1S/C11H11F3N2S/c12-7-3-8(10(14)9(13)4-7)6-1-2-16(5-6)11(15)17/h3-4,6H,1-2,5H2,(H2,15,17). The Morgan fingerprint density at radius 3 is 2.65 bits per heavy atom. The molecule has 0 aromatic heterocycles. The van der Waals surface area contributed by atoms with Gasteiger partial charge in [0.05, 0.1) is 0 Å². The highest BCUT2D eigenvalue weighted by molar-refractivity contribution is 7.80. The summed E-state index contributed by atoms with van der Waals surface area (Å²) in [6.45, 7) is 0.979. The van der Waals surface area contributed by atoms with E-state index in [1.165, 1.54) is 0 Å². The Labute approximate surface area is 102 Å². The van der Waals surface area contributed by atoms with Crippen LogP contribution in [0, 0.1) is 17.5 Å². The maximum Gasteiger partial charge on any atom is 0.166 e. The fourth-order valence-electron chi connectivity index (χ4n) is 2.09. The molecule has 2 rings (SSSR count). The molecule has 0 radical (unpaired) electrons. The average molecular weight is 260 g/mol. The van der Waals surface area contributed by atoms with Gasteiger partial charge in [0, 0.05) is 25.1 Å². The van der Waals surface area contributed by atoms with Gasteiger partial charge >= 0.3 is 0 Å². The fourth-order valence-corrected chi connectivity index (χ4v) is 2.25. The second kappa shape index (κ2) is 4.52. The first kappa shape index (κ1) is 12.2. The van der Waals surface area contributed by atoms with Crippen LogP contribution in [-0.4, -0.2) is 23.1 Å². The molecule has 1 aliphatic heterocycles. The highest BCUT2D eigenvalue weighted by Crippen LogP contribution is 2.30. The number of thiocarbonyl (C=S) groups is 1. The van der Waals surface area contributed by atoms with Gasteiger partial charge in [-0.25, -0.2) is 13.2 Å². The summed E-state index contributed by atoms with van der Waals surface area (Å²) in [5.74, 6) is -3.19. The maximum atomic E-state index is 13.5. The second-order valence-electron chi connectivity index (χ2n) is 4.06. The lowest BCUT2D eigenvalue weighted by Gasteiger charge is -2.16. The zero-order chi connectivity index (χ0) is 12.6. The molecule has 0 spiro atoms. The lowest BCUT2D eigenvalue weighted by atomic mass is 9.97. The van der Waals surface area contributed by atoms with E-state index in [1.807, 2.05) is 0 Å². The molecular formula is C11H11F3N2S. The third-order valence-electron chi connectivity index (χ3n) is 2.96. The molecule has 1 saturated heterocycles. The molecule has 1 aliphatic rings. The van der Waals surface area contributed by atoms with Gasteiger partial charge in [-0.3, -0.25) is 0 Å². The fraction of sp³-hybridized carbons (Fsp3) is 0.364. The van der Waals surface area contributed by atoms with Gasteiger partial charge in [0.25, 0.3) is 0 Å². The molecule has 0 aliphatic carbocycles. The molecular weight excluding hydrogens is 249 g/mol. The number of nitrogens with zero attached hydrogens (tertiary/aromatic N) is 1. The molecule has 92 valence electrons. The minimum Gasteiger partial charge on any atom is -0.376 e. The number of rotatable bonds is 1. The van der Waals surface area contributed by atoms with E-state index in [0.29, 0.717) is 25.6 Å². The van der Waals surface area contributed by atoms with E-state index in [0.717, 1.165) is 6.07 Å². The van der Waals surface area contributed by atoms with E-state index in [4.69, 9.17) is 18.0 Å². The Kier molecular flexibility index (Phi) is 3.24. The summed E-state index contributed by atoms with van der Waals surface area (Å²) in [5.41, 5.74) is 5.51. The molecule has 1 atom stereocenters. The summed E-state index contributed by atoms with van der Waals surface area (Å²) in [4.78, 5) is 1.70. The summed E-state index contributed by atoms with van der Waals surface area (Å²) in [5, 5.41) is 0.227. The summed E-state index contributed by atoms with van der Waals surface area (Å²) >= 11 is 4.80. The zero-order valence-electron chi connectivity index (χ0n) is 8.92. The van der Waals surface area contributed by atoms with Crippen LogP contribution in [0.3, 0.4) is 0 Å². The van der Waals surface area contributed by atoms with Crippen LogP contribution in [0.15, 0.2) is 12.1 Å². The van der Waals surface area contributed by atoms with Crippen molar-refractivity contribution in [2.75, 3.05) is 13.1 Å². The summed E-state index contributed by atoms with van der Waals surface area (Å²) in [7, 11) is 0. The van der Waals surface area contributed by atoms with Crippen LogP contribution in [0.1, 0.15) is 17.9 Å². The van der Waals surface area contributed by atoms with Gasteiger partial charge in [0.2, 0.25) is 0 Å². The van der Waals surface area contributed by atoms with Crippen molar-refractivity contribution in [3.05, 3.63) is 35.1 Å². The average Bonchev–Trinajstić information content (AvgIpc) is 2.72. The molecule has 1 aromatic carbocycles. The second-order valence-corrected chi connectivity index (χ2v) is 4.48. The van der Waals surface area contributed by atoms with Gasteiger partial charge in [-0.05, 0) is 30.3 Å². The van der Waals surface area contributed by atoms with Crippen LogP contribution in [0.25, 0.3) is 0 Å². The highest BCUT2D eigenvalue weighted by Gasteiger charge is 2.28. The van der Waals surface area contributed by atoms with Crippen molar-refractivity contribution in [3.8, 4) is 0 Å². The zero-order valence-corrected chi connectivity index (χ0v) is 9.74. The van der Waals surface area contributed by atoms with Crippen LogP contribution < -0.4 is 5.73 Å². The smallest absolute Gasteiger partial charge is 0.166 e. The van der Waals surface area contributed by atoms with E-state index in [2.05, 4.69) is 0 Å². The first-order chi connectivity index (χ1) is 7.99. The minimum absolute atomic E-state index is 0.0567. The molecule has 0 bridgehead atoms. The molecule has 1 unspecified atom stereocenters. The normalized spacial score (nSPS) is 19.7. The largest absolute Gasteiger partial charge is 0.376 e. The predicted octanol–water partition coefficient (Wildman–Crippen LogP) is 2.14. The Bertz CT molecular complexity index is 464. The third-order valence-corrected chi connectivity index (χ3v) is 3.22. The van der Waals surface area contributed by atoms with Crippen LogP contribution in [0.5, 0.6) is 0 Å². The van der Waals surface area contributed by atoms with E-state index < -0.39 is 17.5 Å². The van der Waals surface area contributed by atoms with Gasteiger partial charge in [0.1, 0.15) is 5.82 Å². The van der Waals surface area contributed by atoms with E-state index in [-0.39, 0.29) is 16.6 Å². The van der Waals surface area contributed by atoms with Crippen molar-refractivity contribution in [1.82, 2.24) is 4.90 Å². The van der Waals surface area contributed by atoms with Crippen LogP contribution in [0.4, 0.5) is 13.2 Å². The first-order valence-electron chi connectivity index (χ1n) is 5.18. The number of hydrogen-bond acceptors (Lipinski definition) is 1. The van der Waals surface area contributed by atoms with Crippen LogP contribution >= 0.6 is 12.2 Å². The van der Waals surface area contributed by atoms with Crippen molar-refractivity contribution in [1.29, 1.82) is 0 Å². The topological polar surface area (TPSA) is 29.3 Å². The lowest BCUT2D eigenvalue weighted by molar-refractivity contribution is 0.469. The summed E-state index contributed by atoms with van der Waals surface area (Å²) in [6.07, 6.45) is 0.581. The highest BCUT2D eigenvalue weighted by atomic mass is 32.1. The quantitative estimate of drug-likeness (QED) is 0.619. The van der Waals surface area contributed by atoms with Crippen LogP contribution in [-0.2, 0) is 0 Å². The molecule has 2 N–H and O–H groups in total. The number of benzene rings is 1. The van der Waals surface area contributed by atoms with E-state index in [1.54, 1.807) is 4.90 Å². The molecule has 1 fully saturated rings. The van der Waals surface area contributed by atoms with E-state index in [9.17, 15) is 13.2 Å². The van der Waals surface area contributed by atoms with Crippen molar-refractivity contribution in [2.45, 2.75) is 12.3 Å². The molecule has 1 aromatic rings. The van der Waals surface area contributed by atoms with Crippen molar-refractivity contribution in [2.24, 2.45) is 5.73 Å². The van der Waals surface area contributed by atoms with Gasteiger partial charge in [-0.2, -0.15) is 0 Å². The summed E-state index contributed by atoms with van der Waals surface area (Å²) in [6, 6.07) is 1.57. The molecule has 1 heterocycles. The molecule has 17 heavy (non-hydrogen) atoms. The van der Waals surface area contributed by atoms with Gasteiger partial charge < -0.3 is 10.6 Å². The number of halogens is 3. The first-order valence-corrected chi connectivity index (χ1v) is 5.58. The van der Waals surface area contributed by atoms with Crippen molar-refractivity contribution >= 4 is 17.3 Å². The minimum atomic E-state index is -1.16. The Morgan fingerprint density at radius 1 is 1.35 bits per heavy atom. The lowest BCUT2D eigenvalue weighted by Crippen LogP contribution is -2.33. The third kappa shape index (κ3) is 2.36. The molecule has 0 saturated carbocycles. The SMILES string of the molecule is NC(=S)N1CCC(c2cc(F)cc(F)c2F)C1. The summed E-state index contributed by atoms with van der Waals surface area (Å²) < 4.78 is 39.7. The van der Waals surface area contributed by atoms with Crippen molar-refractivity contribution < 1.29 is 13.2 Å². The van der Waals surface area contributed by atoms with Gasteiger partial charge in [0.15, 0.2) is 16.7 Å². The van der Waals surface area contributed by atoms with E-state index >= 15 is 0 Å². The Morgan fingerprint density at radius 2 is 2.06 bits per heavy atom. The molecule has 2 nitrogen and oxygen atoms in total. The predicted molar refractivity (Wildman–Crippen MR) is 62.0 cm³/mol. The Hall–Kier alpha value is -1.30. The van der Waals surface area contributed by atoms with Crippen molar-refractivity contribution in [3.63, 3.8) is 0 Å². The number of hydrogen-bond donors (Lipinski definition) is 1. The Balaban J connectivity index is 2.27. The van der Waals surface area contributed by atoms with Gasteiger partial charge in [-0.1, -0.05) is 0 Å². The molecule has 0 amide bonds. The molecule has 6 heteroatoms. The monoisotopic (exact) mass is 260 g/mol. The maximum absolute atomic E-state index is 13.5. The number of nitrogens with two attached hydrogens (primary N) is 1. The van der Waals surface area contributed by atoms with Crippen LogP contribution in [0.2, 0.25) is 0 Å². The van der Waals surface area contributed by atoms with Gasteiger partial charge in [-0.15, -0.1) is 0 Å². The number of likely N-dealkylation sites (tertiary alicyclic amines) is 1.